The number of ether oxygens (including phenoxy) is 2. The molecule has 3 aromatic rings. The van der Waals surface area contributed by atoms with Crippen molar-refractivity contribution in [3.05, 3.63) is 47.4 Å². The van der Waals surface area contributed by atoms with Crippen molar-refractivity contribution in [2.45, 2.75) is 17.8 Å². The number of esters is 1. The first kappa shape index (κ1) is 17.0. The molecule has 0 spiro atoms. The van der Waals surface area contributed by atoms with Crippen molar-refractivity contribution in [3.63, 3.8) is 0 Å². The molecule has 2 aromatic heterocycles. The molecule has 0 unspecified atom stereocenters. The van der Waals surface area contributed by atoms with Crippen LogP contribution in [0.15, 0.2) is 39.9 Å². The lowest BCUT2D eigenvalue weighted by molar-refractivity contribution is 0.0599. The Balaban J connectivity index is 1.74. The van der Waals surface area contributed by atoms with Gasteiger partial charge in [0, 0.05) is 0 Å². The Morgan fingerprint density at radius 2 is 2.04 bits per heavy atom. The zero-order valence-electron chi connectivity index (χ0n) is 13.9. The molecule has 0 saturated carbocycles. The van der Waals surface area contributed by atoms with Crippen molar-refractivity contribution < 1.29 is 18.7 Å². The molecular weight excluding hydrogens is 344 g/mol. The highest BCUT2D eigenvalue weighted by Crippen LogP contribution is 2.26. The van der Waals surface area contributed by atoms with E-state index in [1.807, 2.05) is 24.3 Å². The van der Waals surface area contributed by atoms with E-state index in [1.165, 1.54) is 18.9 Å². The van der Waals surface area contributed by atoms with Gasteiger partial charge in [-0.05, 0) is 47.7 Å². The molecule has 0 aliphatic carbocycles. The van der Waals surface area contributed by atoms with Crippen LogP contribution in [0.4, 0.5) is 0 Å². The van der Waals surface area contributed by atoms with Crippen LogP contribution in [-0.2, 0) is 10.5 Å². The van der Waals surface area contributed by atoms with Crippen LogP contribution in [0, 0.1) is 6.92 Å². The topological polar surface area (TPSA) is 92.3 Å². The predicted octanol–water partition coefficient (Wildman–Crippen LogP) is 2.65. The van der Waals surface area contributed by atoms with Crippen LogP contribution >= 0.6 is 11.8 Å². The highest BCUT2D eigenvalue weighted by molar-refractivity contribution is 7.98. The van der Waals surface area contributed by atoms with Gasteiger partial charge in [-0.3, -0.25) is 0 Å². The highest BCUT2D eigenvalue weighted by atomic mass is 32.2. The van der Waals surface area contributed by atoms with Gasteiger partial charge < -0.3 is 13.9 Å². The van der Waals surface area contributed by atoms with E-state index in [1.54, 1.807) is 24.8 Å². The van der Waals surface area contributed by atoms with Crippen LogP contribution in [0.5, 0.6) is 5.75 Å². The molecule has 25 heavy (non-hydrogen) atoms. The normalized spacial score (nSPS) is 10.7. The smallest absolute Gasteiger partial charge is 0.341 e. The lowest BCUT2D eigenvalue weighted by Crippen LogP contribution is -2.00. The van der Waals surface area contributed by atoms with Crippen molar-refractivity contribution >= 4 is 17.7 Å². The van der Waals surface area contributed by atoms with Gasteiger partial charge in [0.1, 0.15) is 22.8 Å². The molecule has 1 aromatic carbocycles. The fourth-order valence-electron chi connectivity index (χ4n) is 2.22. The zero-order chi connectivity index (χ0) is 17.8. The third kappa shape index (κ3) is 3.66. The molecule has 130 valence electrons. The van der Waals surface area contributed by atoms with Crippen molar-refractivity contribution in [2.24, 2.45) is 0 Å². The van der Waals surface area contributed by atoms with E-state index in [2.05, 4.69) is 15.5 Å². The minimum absolute atomic E-state index is 0.416. The van der Waals surface area contributed by atoms with Gasteiger partial charge in [-0.15, -0.1) is 5.10 Å². The number of rotatable bonds is 6. The summed E-state index contributed by atoms with van der Waals surface area (Å²) in [5.74, 6) is 1.99. The molecule has 0 amide bonds. The summed E-state index contributed by atoms with van der Waals surface area (Å²) in [6.45, 7) is 1.72. The number of aryl methyl sites for hydroxylation is 1. The number of hydrogen-bond acceptors (Lipinski definition) is 8. The SMILES string of the molecule is COC(=O)c1cc(CSc2nnnn2-c2ccc(OC)cc2)oc1C. The Morgan fingerprint density at radius 1 is 1.28 bits per heavy atom. The number of methoxy groups -OCH3 is 2. The van der Waals surface area contributed by atoms with Gasteiger partial charge in [-0.1, -0.05) is 11.8 Å². The number of furan rings is 1. The number of benzene rings is 1. The number of carbonyl (C=O) groups is 1. The molecule has 0 radical (unpaired) electrons. The molecule has 0 atom stereocenters. The molecule has 3 rings (SSSR count). The molecule has 0 saturated heterocycles. The van der Waals surface area contributed by atoms with Crippen molar-refractivity contribution in [2.75, 3.05) is 14.2 Å². The average molecular weight is 360 g/mol. The first-order chi connectivity index (χ1) is 12.1. The third-order valence-electron chi connectivity index (χ3n) is 3.48. The van der Waals surface area contributed by atoms with E-state index in [0.29, 0.717) is 28.0 Å². The fraction of sp³-hybridized carbons (Fsp3) is 0.250. The molecule has 0 fully saturated rings. The summed E-state index contributed by atoms with van der Waals surface area (Å²) in [5, 5.41) is 12.4. The van der Waals surface area contributed by atoms with Gasteiger partial charge in [0.2, 0.25) is 5.16 Å². The quantitative estimate of drug-likeness (QED) is 0.489. The van der Waals surface area contributed by atoms with E-state index in [0.717, 1.165) is 11.4 Å². The number of hydrogen-bond donors (Lipinski definition) is 0. The van der Waals surface area contributed by atoms with Gasteiger partial charge in [-0.25, -0.2) is 4.79 Å². The number of tetrazole rings is 1. The van der Waals surface area contributed by atoms with Gasteiger partial charge in [0.15, 0.2) is 0 Å². The Morgan fingerprint density at radius 3 is 2.72 bits per heavy atom. The second-order valence-electron chi connectivity index (χ2n) is 5.03. The summed E-state index contributed by atoms with van der Waals surface area (Å²) in [5.41, 5.74) is 1.24. The molecule has 0 N–H and O–H groups in total. The van der Waals surface area contributed by atoms with Crippen LogP contribution in [-0.4, -0.2) is 40.4 Å². The monoisotopic (exact) mass is 360 g/mol. The Labute approximate surface area is 148 Å². The molecule has 0 aliphatic heterocycles. The third-order valence-corrected chi connectivity index (χ3v) is 4.42. The van der Waals surface area contributed by atoms with Gasteiger partial charge in [-0.2, -0.15) is 4.68 Å². The van der Waals surface area contributed by atoms with E-state index >= 15 is 0 Å². The fourth-order valence-corrected chi connectivity index (χ4v) is 2.99. The Hall–Kier alpha value is -2.81. The second-order valence-corrected chi connectivity index (χ2v) is 5.98. The minimum Gasteiger partial charge on any atom is -0.497 e. The lowest BCUT2D eigenvalue weighted by atomic mass is 10.2. The number of aromatic nitrogens is 4. The molecule has 9 heteroatoms. The van der Waals surface area contributed by atoms with Crippen LogP contribution in [0.3, 0.4) is 0 Å². The summed E-state index contributed by atoms with van der Waals surface area (Å²) < 4.78 is 17.1. The highest BCUT2D eigenvalue weighted by Gasteiger charge is 2.17. The second kappa shape index (κ2) is 7.39. The molecule has 0 aliphatic rings. The number of nitrogens with zero attached hydrogens (tertiary/aromatic N) is 4. The van der Waals surface area contributed by atoms with Gasteiger partial charge in [0.05, 0.1) is 25.7 Å². The molecule has 0 bridgehead atoms. The largest absolute Gasteiger partial charge is 0.497 e. The van der Waals surface area contributed by atoms with Gasteiger partial charge >= 0.3 is 5.97 Å². The van der Waals surface area contributed by atoms with Crippen LogP contribution in [0.25, 0.3) is 5.69 Å². The lowest BCUT2D eigenvalue weighted by Gasteiger charge is -2.04. The van der Waals surface area contributed by atoms with Crippen molar-refractivity contribution in [1.29, 1.82) is 0 Å². The Bertz CT molecular complexity index is 873. The molecular formula is C16H16N4O4S. The van der Waals surface area contributed by atoms with Crippen LogP contribution in [0.2, 0.25) is 0 Å². The van der Waals surface area contributed by atoms with E-state index in [-0.39, 0.29) is 0 Å². The first-order valence-corrected chi connectivity index (χ1v) is 8.34. The van der Waals surface area contributed by atoms with Crippen LogP contribution < -0.4 is 4.74 Å². The molecule has 2 heterocycles. The maximum absolute atomic E-state index is 11.6. The summed E-state index contributed by atoms with van der Waals surface area (Å²) in [6, 6.07) is 9.08. The summed E-state index contributed by atoms with van der Waals surface area (Å²) in [7, 11) is 2.95. The van der Waals surface area contributed by atoms with E-state index in [9.17, 15) is 4.79 Å². The standard InChI is InChI=1S/C16H16N4O4S/c1-10-14(15(21)23-3)8-13(24-10)9-25-16-17-18-19-20(16)11-4-6-12(22-2)7-5-11/h4-8H,9H2,1-3H3. The average Bonchev–Trinajstić information content (AvgIpc) is 3.25. The van der Waals surface area contributed by atoms with E-state index in [4.69, 9.17) is 13.9 Å². The molecule has 8 nitrogen and oxygen atoms in total. The maximum atomic E-state index is 11.6. The van der Waals surface area contributed by atoms with Crippen molar-refractivity contribution in [1.82, 2.24) is 20.2 Å². The summed E-state index contributed by atoms with van der Waals surface area (Å²) in [4.78, 5) is 11.6. The van der Waals surface area contributed by atoms with Gasteiger partial charge in [0.25, 0.3) is 0 Å². The summed E-state index contributed by atoms with van der Waals surface area (Å²) in [6.07, 6.45) is 0. The predicted molar refractivity (Wildman–Crippen MR) is 90.1 cm³/mol. The summed E-state index contributed by atoms with van der Waals surface area (Å²) >= 11 is 1.40. The first-order valence-electron chi connectivity index (χ1n) is 7.35. The van der Waals surface area contributed by atoms with Crippen molar-refractivity contribution in [3.8, 4) is 11.4 Å². The maximum Gasteiger partial charge on any atom is 0.341 e. The van der Waals surface area contributed by atoms with Crippen LogP contribution in [0.1, 0.15) is 21.9 Å². The Kier molecular flexibility index (Phi) is 5.03. The number of carbonyl (C=O) groups excluding carboxylic acids is 1. The minimum atomic E-state index is -0.416. The van der Waals surface area contributed by atoms with E-state index < -0.39 is 5.97 Å². The number of thioether (sulfide) groups is 1. The zero-order valence-corrected chi connectivity index (χ0v) is 14.7.